The zero-order valence-electron chi connectivity index (χ0n) is 12.1. The van der Waals surface area contributed by atoms with Crippen molar-refractivity contribution in [2.45, 2.75) is 44.9 Å². The highest BCUT2D eigenvalue weighted by atomic mass is 32.1. The molecule has 1 amide bonds. The number of aromatic nitrogens is 1. The van der Waals surface area contributed by atoms with Crippen LogP contribution in [0.3, 0.4) is 0 Å². The Hall–Kier alpha value is -1.68. The van der Waals surface area contributed by atoms with E-state index in [4.69, 9.17) is 0 Å². The van der Waals surface area contributed by atoms with Gasteiger partial charge in [-0.15, -0.1) is 11.3 Å². The molecule has 1 aliphatic rings. The molecule has 0 saturated heterocycles. The van der Waals surface area contributed by atoms with E-state index in [1.54, 1.807) is 11.3 Å². The Balaban J connectivity index is 1.47. The third-order valence-corrected chi connectivity index (χ3v) is 4.88. The fraction of sp³-hybridized carbons (Fsp3) is 0.412. The molecule has 0 saturated carbocycles. The molecule has 1 aliphatic carbocycles. The van der Waals surface area contributed by atoms with Gasteiger partial charge >= 0.3 is 0 Å². The van der Waals surface area contributed by atoms with Gasteiger partial charge in [0.15, 0.2) is 5.13 Å². The van der Waals surface area contributed by atoms with Crippen molar-refractivity contribution < 1.29 is 4.79 Å². The molecule has 0 radical (unpaired) electrons. The molecular formula is C17H20N2OS. The van der Waals surface area contributed by atoms with Gasteiger partial charge in [-0.2, -0.15) is 0 Å². The molecule has 0 aliphatic heterocycles. The maximum atomic E-state index is 12.0. The van der Waals surface area contributed by atoms with Gasteiger partial charge < -0.3 is 5.32 Å². The Kier molecular flexibility index (Phi) is 4.65. The van der Waals surface area contributed by atoms with Crippen LogP contribution < -0.4 is 5.32 Å². The Labute approximate surface area is 129 Å². The summed E-state index contributed by atoms with van der Waals surface area (Å²) in [7, 11) is 0. The molecule has 0 fully saturated rings. The highest BCUT2D eigenvalue weighted by Crippen LogP contribution is 2.29. The standard InChI is InChI=1S/C17H20N2OS/c20-16(12-6-9-13-7-2-1-3-8-13)19-17-18-14-10-4-5-11-15(14)21-17/h1-3,7-8H,4-6,9-12H2,(H,18,19,20). The van der Waals surface area contributed by atoms with Gasteiger partial charge in [-0.25, -0.2) is 4.98 Å². The van der Waals surface area contributed by atoms with E-state index in [9.17, 15) is 4.79 Å². The average Bonchev–Trinajstić information content (AvgIpc) is 2.90. The summed E-state index contributed by atoms with van der Waals surface area (Å²) in [5.41, 5.74) is 2.49. The second-order valence-corrected chi connectivity index (χ2v) is 6.57. The van der Waals surface area contributed by atoms with Crippen LogP contribution in [-0.2, 0) is 24.1 Å². The lowest BCUT2D eigenvalue weighted by atomic mass is 10.0. The quantitative estimate of drug-likeness (QED) is 0.907. The van der Waals surface area contributed by atoms with E-state index in [1.165, 1.54) is 29.0 Å². The van der Waals surface area contributed by atoms with Gasteiger partial charge in [0.05, 0.1) is 5.69 Å². The van der Waals surface area contributed by atoms with Crippen LogP contribution in [0.25, 0.3) is 0 Å². The number of thiazole rings is 1. The van der Waals surface area contributed by atoms with E-state index in [-0.39, 0.29) is 5.91 Å². The molecule has 1 aromatic carbocycles. The highest BCUT2D eigenvalue weighted by molar-refractivity contribution is 7.15. The first-order valence-corrected chi connectivity index (χ1v) is 8.45. The van der Waals surface area contributed by atoms with Crippen molar-refractivity contribution in [3.8, 4) is 0 Å². The SMILES string of the molecule is O=C(CCCc1ccccc1)Nc1nc2c(s1)CCCC2. The van der Waals surface area contributed by atoms with E-state index < -0.39 is 0 Å². The van der Waals surface area contributed by atoms with Crippen molar-refractivity contribution in [2.24, 2.45) is 0 Å². The number of aryl methyl sites for hydroxylation is 3. The number of rotatable bonds is 5. The predicted octanol–water partition coefficient (Wildman–Crippen LogP) is 3.98. The van der Waals surface area contributed by atoms with Crippen LogP contribution in [0.2, 0.25) is 0 Å². The van der Waals surface area contributed by atoms with Gasteiger partial charge in [-0.3, -0.25) is 4.79 Å². The Bertz CT molecular complexity index is 583. The first-order chi connectivity index (χ1) is 10.3. The summed E-state index contributed by atoms with van der Waals surface area (Å²) in [6, 6.07) is 10.3. The molecule has 0 atom stereocenters. The molecule has 0 spiro atoms. The second kappa shape index (κ2) is 6.85. The van der Waals surface area contributed by atoms with Crippen LogP contribution in [0.5, 0.6) is 0 Å². The third-order valence-electron chi connectivity index (χ3n) is 3.80. The lowest BCUT2D eigenvalue weighted by molar-refractivity contribution is -0.116. The van der Waals surface area contributed by atoms with Gasteiger partial charge in [0.2, 0.25) is 5.91 Å². The summed E-state index contributed by atoms with van der Waals surface area (Å²) in [6.45, 7) is 0. The summed E-state index contributed by atoms with van der Waals surface area (Å²) in [6.07, 6.45) is 7.04. The van der Waals surface area contributed by atoms with Gasteiger partial charge in [0.1, 0.15) is 0 Å². The molecular weight excluding hydrogens is 280 g/mol. The maximum absolute atomic E-state index is 12.0. The van der Waals surface area contributed by atoms with Gasteiger partial charge in [-0.1, -0.05) is 30.3 Å². The number of carbonyl (C=O) groups is 1. The van der Waals surface area contributed by atoms with E-state index in [1.807, 2.05) is 18.2 Å². The van der Waals surface area contributed by atoms with Crippen LogP contribution in [0.1, 0.15) is 41.8 Å². The van der Waals surface area contributed by atoms with E-state index in [2.05, 4.69) is 22.4 Å². The molecule has 0 unspecified atom stereocenters. The van der Waals surface area contributed by atoms with E-state index in [0.29, 0.717) is 6.42 Å². The van der Waals surface area contributed by atoms with Crippen molar-refractivity contribution in [3.05, 3.63) is 46.5 Å². The third kappa shape index (κ3) is 3.91. The van der Waals surface area contributed by atoms with Gasteiger partial charge in [-0.05, 0) is 44.1 Å². The molecule has 3 rings (SSSR count). The first-order valence-electron chi connectivity index (χ1n) is 7.63. The summed E-state index contributed by atoms with van der Waals surface area (Å²) < 4.78 is 0. The zero-order valence-corrected chi connectivity index (χ0v) is 12.9. The summed E-state index contributed by atoms with van der Waals surface area (Å²) in [4.78, 5) is 17.9. The average molecular weight is 300 g/mol. The van der Waals surface area contributed by atoms with Crippen molar-refractivity contribution in [1.29, 1.82) is 0 Å². The fourth-order valence-electron chi connectivity index (χ4n) is 2.68. The smallest absolute Gasteiger partial charge is 0.226 e. The molecule has 110 valence electrons. The number of fused-ring (bicyclic) bond motifs is 1. The molecule has 0 bridgehead atoms. The van der Waals surface area contributed by atoms with Gasteiger partial charge in [0, 0.05) is 11.3 Å². The number of carbonyl (C=O) groups excluding carboxylic acids is 1. The Morgan fingerprint density at radius 3 is 2.81 bits per heavy atom. The minimum absolute atomic E-state index is 0.0806. The molecule has 2 aromatic rings. The molecule has 1 N–H and O–H groups in total. The summed E-state index contributed by atoms with van der Waals surface area (Å²) in [5, 5.41) is 3.74. The van der Waals surface area contributed by atoms with Crippen molar-refractivity contribution in [3.63, 3.8) is 0 Å². The second-order valence-electron chi connectivity index (χ2n) is 5.48. The largest absolute Gasteiger partial charge is 0.302 e. The first kappa shape index (κ1) is 14.3. The lowest BCUT2D eigenvalue weighted by Crippen LogP contribution is -2.11. The van der Waals surface area contributed by atoms with Crippen LogP contribution in [0, 0.1) is 0 Å². The van der Waals surface area contributed by atoms with Gasteiger partial charge in [0.25, 0.3) is 0 Å². The predicted molar refractivity (Wildman–Crippen MR) is 86.8 cm³/mol. The molecule has 4 heteroatoms. The monoisotopic (exact) mass is 300 g/mol. The van der Waals surface area contributed by atoms with Crippen molar-refractivity contribution in [2.75, 3.05) is 5.32 Å². The summed E-state index contributed by atoms with van der Waals surface area (Å²) in [5.74, 6) is 0.0806. The van der Waals surface area contributed by atoms with Crippen LogP contribution >= 0.6 is 11.3 Å². The maximum Gasteiger partial charge on any atom is 0.226 e. The van der Waals surface area contributed by atoms with E-state index in [0.717, 1.165) is 30.8 Å². The van der Waals surface area contributed by atoms with Crippen molar-refractivity contribution >= 4 is 22.4 Å². The number of nitrogens with zero attached hydrogens (tertiary/aromatic N) is 1. The number of hydrogen-bond acceptors (Lipinski definition) is 3. The normalized spacial score (nSPS) is 13.7. The topological polar surface area (TPSA) is 42.0 Å². The van der Waals surface area contributed by atoms with Crippen LogP contribution in [0.4, 0.5) is 5.13 Å². The Morgan fingerprint density at radius 2 is 2.00 bits per heavy atom. The minimum atomic E-state index is 0.0806. The number of anilines is 1. The minimum Gasteiger partial charge on any atom is -0.302 e. The molecule has 1 aromatic heterocycles. The number of amides is 1. The van der Waals surface area contributed by atoms with Crippen LogP contribution in [0.15, 0.2) is 30.3 Å². The lowest BCUT2D eigenvalue weighted by Gasteiger charge is -2.06. The fourth-order valence-corrected chi connectivity index (χ4v) is 3.75. The summed E-state index contributed by atoms with van der Waals surface area (Å²) >= 11 is 1.65. The molecule has 1 heterocycles. The zero-order chi connectivity index (χ0) is 14.5. The van der Waals surface area contributed by atoms with Crippen LogP contribution in [-0.4, -0.2) is 10.9 Å². The molecule has 21 heavy (non-hydrogen) atoms. The number of hydrogen-bond donors (Lipinski definition) is 1. The number of nitrogens with one attached hydrogen (secondary N) is 1. The van der Waals surface area contributed by atoms with E-state index >= 15 is 0 Å². The highest BCUT2D eigenvalue weighted by Gasteiger charge is 2.16. The Morgan fingerprint density at radius 1 is 1.19 bits per heavy atom. The van der Waals surface area contributed by atoms with Crippen molar-refractivity contribution in [1.82, 2.24) is 4.98 Å². The molecule has 3 nitrogen and oxygen atoms in total. The number of benzene rings is 1.